The van der Waals surface area contributed by atoms with Crippen molar-refractivity contribution < 1.29 is 14.4 Å². The number of rotatable bonds is 5. The molecule has 1 atom stereocenters. The molecule has 0 spiro atoms. The molecule has 2 aromatic rings. The lowest BCUT2D eigenvalue weighted by Crippen LogP contribution is -2.00. The van der Waals surface area contributed by atoms with Gasteiger partial charge in [-0.25, -0.2) is 0 Å². The van der Waals surface area contributed by atoms with Crippen LogP contribution in [-0.4, -0.2) is 10.0 Å². The molecule has 5 heteroatoms. The van der Waals surface area contributed by atoms with Crippen LogP contribution >= 0.6 is 0 Å². The molecule has 20 heavy (non-hydrogen) atoms. The third kappa shape index (κ3) is 3.39. The highest BCUT2D eigenvalue weighted by Gasteiger charge is 2.14. The highest BCUT2D eigenvalue weighted by Crippen LogP contribution is 2.22. The van der Waals surface area contributed by atoms with Crippen LogP contribution in [0.4, 0.5) is 10.1 Å². The van der Waals surface area contributed by atoms with Crippen molar-refractivity contribution in [2.45, 2.75) is 18.9 Å². The molecule has 0 aliphatic rings. The molecular formula is C15H14FNO3. The van der Waals surface area contributed by atoms with Crippen molar-refractivity contribution in [3.05, 3.63) is 75.6 Å². The van der Waals surface area contributed by atoms with E-state index in [4.69, 9.17) is 0 Å². The number of aliphatic hydroxyl groups is 1. The van der Waals surface area contributed by atoms with Crippen LogP contribution in [0.3, 0.4) is 0 Å². The number of hydrogen-bond donors (Lipinski definition) is 1. The number of aryl methyl sites for hydroxylation is 1. The van der Waals surface area contributed by atoms with Crippen LogP contribution in [0.1, 0.15) is 23.7 Å². The molecule has 0 aliphatic carbocycles. The van der Waals surface area contributed by atoms with Crippen molar-refractivity contribution in [1.29, 1.82) is 0 Å². The summed E-state index contributed by atoms with van der Waals surface area (Å²) in [4.78, 5) is 9.76. The molecule has 0 fully saturated rings. The lowest BCUT2D eigenvalue weighted by atomic mass is 10.0. The van der Waals surface area contributed by atoms with E-state index >= 15 is 0 Å². The van der Waals surface area contributed by atoms with Crippen molar-refractivity contribution in [3.8, 4) is 0 Å². The average Bonchev–Trinajstić information content (AvgIpc) is 2.45. The molecule has 0 bridgehead atoms. The van der Waals surface area contributed by atoms with Gasteiger partial charge < -0.3 is 5.11 Å². The molecule has 4 nitrogen and oxygen atoms in total. The van der Waals surface area contributed by atoms with E-state index in [-0.39, 0.29) is 0 Å². The molecular weight excluding hydrogens is 261 g/mol. The fraction of sp³-hybridized carbons (Fsp3) is 0.200. The van der Waals surface area contributed by atoms with Gasteiger partial charge in [-0.2, -0.15) is 4.39 Å². The number of nitro benzene ring substituents is 1. The summed E-state index contributed by atoms with van der Waals surface area (Å²) >= 11 is 0. The van der Waals surface area contributed by atoms with Crippen molar-refractivity contribution in [1.82, 2.24) is 0 Å². The summed E-state index contributed by atoms with van der Waals surface area (Å²) in [5, 5.41) is 20.5. The molecule has 1 unspecified atom stereocenters. The number of benzene rings is 2. The SMILES string of the molecule is O=[N+]([O-])c1ccc(CCC(O)c2ccccc2)cc1F. The molecule has 2 rings (SSSR count). The Labute approximate surface area is 115 Å². The Balaban J connectivity index is 2.01. The number of halogens is 1. The minimum Gasteiger partial charge on any atom is -0.388 e. The summed E-state index contributed by atoms with van der Waals surface area (Å²) in [6, 6.07) is 13.0. The van der Waals surface area contributed by atoms with Crippen LogP contribution < -0.4 is 0 Å². The fourth-order valence-electron chi connectivity index (χ4n) is 2.00. The zero-order chi connectivity index (χ0) is 14.5. The first kappa shape index (κ1) is 14.1. The highest BCUT2D eigenvalue weighted by molar-refractivity contribution is 5.35. The van der Waals surface area contributed by atoms with E-state index in [9.17, 15) is 19.6 Å². The van der Waals surface area contributed by atoms with Gasteiger partial charge in [0.1, 0.15) is 0 Å². The van der Waals surface area contributed by atoms with Crippen molar-refractivity contribution in [3.63, 3.8) is 0 Å². The molecule has 0 aliphatic heterocycles. The van der Waals surface area contributed by atoms with Crippen molar-refractivity contribution in [2.24, 2.45) is 0 Å². The number of nitro groups is 1. The molecule has 0 heterocycles. The second kappa shape index (κ2) is 6.25. The van der Waals surface area contributed by atoms with Crippen LogP contribution in [-0.2, 0) is 6.42 Å². The summed E-state index contributed by atoms with van der Waals surface area (Å²) in [5.41, 5.74) is 0.898. The predicted octanol–water partition coefficient (Wildman–Crippen LogP) is 3.40. The van der Waals surface area contributed by atoms with Gasteiger partial charge in [0.2, 0.25) is 5.82 Å². The first-order valence-electron chi connectivity index (χ1n) is 6.24. The molecule has 1 N–H and O–H groups in total. The second-order valence-corrected chi connectivity index (χ2v) is 4.51. The van der Waals surface area contributed by atoms with Gasteiger partial charge in [0.05, 0.1) is 11.0 Å². The van der Waals surface area contributed by atoms with Crippen LogP contribution in [0, 0.1) is 15.9 Å². The van der Waals surface area contributed by atoms with Gasteiger partial charge in [-0.3, -0.25) is 10.1 Å². The van der Waals surface area contributed by atoms with E-state index in [0.717, 1.165) is 17.7 Å². The van der Waals surface area contributed by atoms with Gasteiger partial charge in [0.15, 0.2) is 0 Å². The van der Waals surface area contributed by atoms with E-state index in [1.807, 2.05) is 30.3 Å². The molecule has 0 saturated heterocycles. The van der Waals surface area contributed by atoms with E-state index in [1.165, 1.54) is 6.07 Å². The number of nitrogens with zero attached hydrogens (tertiary/aromatic N) is 1. The highest BCUT2D eigenvalue weighted by atomic mass is 19.1. The summed E-state index contributed by atoms with van der Waals surface area (Å²) in [5.74, 6) is -0.846. The average molecular weight is 275 g/mol. The standard InChI is InChI=1S/C15H14FNO3/c16-13-10-11(6-8-14(13)17(19)20)7-9-15(18)12-4-2-1-3-5-12/h1-6,8,10,15,18H,7,9H2. The predicted molar refractivity (Wildman–Crippen MR) is 72.8 cm³/mol. The Morgan fingerprint density at radius 1 is 1.20 bits per heavy atom. The number of hydrogen-bond acceptors (Lipinski definition) is 3. The Morgan fingerprint density at radius 2 is 1.90 bits per heavy atom. The van der Waals surface area contributed by atoms with E-state index in [0.29, 0.717) is 18.4 Å². The van der Waals surface area contributed by atoms with Gasteiger partial charge >= 0.3 is 5.69 Å². The molecule has 0 radical (unpaired) electrons. The van der Waals surface area contributed by atoms with Gasteiger partial charge in [-0.15, -0.1) is 0 Å². The summed E-state index contributed by atoms with van der Waals surface area (Å²) in [6.07, 6.45) is 0.251. The monoisotopic (exact) mass is 275 g/mol. The normalized spacial score (nSPS) is 12.1. The fourth-order valence-corrected chi connectivity index (χ4v) is 2.00. The zero-order valence-corrected chi connectivity index (χ0v) is 10.7. The Bertz CT molecular complexity index is 601. The lowest BCUT2D eigenvalue weighted by Gasteiger charge is -2.10. The number of aliphatic hydroxyl groups excluding tert-OH is 1. The Morgan fingerprint density at radius 3 is 2.50 bits per heavy atom. The van der Waals surface area contributed by atoms with Crippen LogP contribution in [0.2, 0.25) is 0 Å². The first-order chi connectivity index (χ1) is 9.58. The minimum atomic E-state index is -0.846. The maximum absolute atomic E-state index is 13.4. The third-order valence-electron chi connectivity index (χ3n) is 3.10. The summed E-state index contributed by atoms with van der Waals surface area (Å²) in [7, 11) is 0. The van der Waals surface area contributed by atoms with Gasteiger partial charge in [-0.1, -0.05) is 36.4 Å². The maximum Gasteiger partial charge on any atom is 0.304 e. The van der Waals surface area contributed by atoms with Gasteiger partial charge in [0.25, 0.3) is 0 Å². The third-order valence-corrected chi connectivity index (χ3v) is 3.10. The van der Waals surface area contributed by atoms with Crippen molar-refractivity contribution in [2.75, 3.05) is 0 Å². The molecule has 2 aromatic carbocycles. The lowest BCUT2D eigenvalue weighted by molar-refractivity contribution is -0.387. The van der Waals surface area contributed by atoms with E-state index < -0.39 is 22.5 Å². The van der Waals surface area contributed by atoms with E-state index in [2.05, 4.69) is 0 Å². The summed E-state index contributed by atoms with van der Waals surface area (Å²) in [6.45, 7) is 0. The van der Waals surface area contributed by atoms with Crippen LogP contribution in [0.25, 0.3) is 0 Å². The maximum atomic E-state index is 13.4. The second-order valence-electron chi connectivity index (χ2n) is 4.51. The van der Waals surface area contributed by atoms with Crippen LogP contribution in [0.15, 0.2) is 48.5 Å². The largest absolute Gasteiger partial charge is 0.388 e. The smallest absolute Gasteiger partial charge is 0.304 e. The quantitative estimate of drug-likeness (QED) is 0.672. The zero-order valence-electron chi connectivity index (χ0n) is 10.7. The topological polar surface area (TPSA) is 63.4 Å². The van der Waals surface area contributed by atoms with Gasteiger partial charge in [-0.05, 0) is 30.0 Å². The molecule has 0 amide bonds. The molecule has 0 saturated carbocycles. The summed E-state index contributed by atoms with van der Waals surface area (Å²) < 4.78 is 13.4. The first-order valence-corrected chi connectivity index (χ1v) is 6.24. The molecule has 104 valence electrons. The van der Waals surface area contributed by atoms with Crippen molar-refractivity contribution >= 4 is 5.69 Å². The minimum absolute atomic E-state index is 0.432. The van der Waals surface area contributed by atoms with Gasteiger partial charge in [0, 0.05) is 6.07 Å². The Kier molecular flexibility index (Phi) is 4.42. The van der Waals surface area contributed by atoms with Crippen LogP contribution in [0.5, 0.6) is 0 Å². The van der Waals surface area contributed by atoms with E-state index in [1.54, 1.807) is 0 Å². The molecule has 0 aromatic heterocycles. The Hall–Kier alpha value is -2.27.